The van der Waals surface area contributed by atoms with Crippen molar-refractivity contribution in [2.75, 3.05) is 7.11 Å². The summed E-state index contributed by atoms with van der Waals surface area (Å²) in [6.45, 7) is 3.79. The molecule has 1 aromatic carbocycles. The van der Waals surface area contributed by atoms with Crippen LogP contribution in [0.15, 0.2) is 8.95 Å². The summed E-state index contributed by atoms with van der Waals surface area (Å²) in [5.41, 5.74) is 2.47. The van der Waals surface area contributed by atoms with E-state index in [-0.39, 0.29) is 0 Å². The highest BCUT2D eigenvalue weighted by atomic mass is 79.9. The molecule has 2 nitrogen and oxygen atoms in total. The van der Waals surface area contributed by atoms with Crippen LogP contribution in [-0.2, 0) is 0 Å². The number of rotatable bonds is 1. The van der Waals surface area contributed by atoms with Crippen molar-refractivity contribution in [1.29, 1.82) is 5.26 Å². The van der Waals surface area contributed by atoms with E-state index in [1.54, 1.807) is 7.11 Å². The standard InChI is InChI=1S/C10H9Br2NO/c1-5-7(4-13)8(11)6(2)10(14-3)9(5)12/h1-3H3. The molecule has 0 unspecified atom stereocenters. The minimum Gasteiger partial charge on any atom is -0.495 e. The van der Waals surface area contributed by atoms with Gasteiger partial charge in [0, 0.05) is 10.0 Å². The smallest absolute Gasteiger partial charge is 0.137 e. The van der Waals surface area contributed by atoms with Crippen molar-refractivity contribution in [2.24, 2.45) is 0 Å². The molecular formula is C10H9Br2NO. The second kappa shape index (κ2) is 4.33. The largest absolute Gasteiger partial charge is 0.495 e. The van der Waals surface area contributed by atoms with E-state index in [1.165, 1.54) is 0 Å². The molecule has 0 saturated carbocycles. The second-order valence-corrected chi connectivity index (χ2v) is 4.48. The summed E-state index contributed by atoms with van der Waals surface area (Å²) in [5.74, 6) is 0.772. The first-order valence-electron chi connectivity index (χ1n) is 3.96. The van der Waals surface area contributed by atoms with Gasteiger partial charge in [-0.25, -0.2) is 0 Å². The van der Waals surface area contributed by atoms with Gasteiger partial charge in [0.15, 0.2) is 0 Å². The van der Waals surface area contributed by atoms with Gasteiger partial charge in [0.2, 0.25) is 0 Å². The van der Waals surface area contributed by atoms with Crippen LogP contribution in [-0.4, -0.2) is 7.11 Å². The lowest BCUT2D eigenvalue weighted by molar-refractivity contribution is 0.408. The number of hydrogen-bond donors (Lipinski definition) is 0. The lowest BCUT2D eigenvalue weighted by atomic mass is 10.1. The average Bonchev–Trinajstić information content (AvgIpc) is 2.17. The Balaban J connectivity index is 3.66. The highest BCUT2D eigenvalue weighted by Crippen LogP contribution is 2.39. The molecule has 0 amide bonds. The SMILES string of the molecule is COc1c(C)c(Br)c(C#N)c(C)c1Br. The first kappa shape index (κ1) is 11.5. The van der Waals surface area contributed by atoms with Crippen molar-refractivity contribution in [2.45, 2.75) is 13.8 Å². The lowest BCUT2D eigenvalue weighted by Crippen LogP contribution is -1.96. The van der Waals surface area contributed by atoms with E-state index in [1.807, 2.05) is 13.8 Å². The highest BCUT2D eigenvalue weighted by Gasteiger charge is 2.16. The van der Waals surface area contributed by atoms with Crippen LogP contribution in [0.3, 0.4) is 0 Å². The fraction of sp³-hybridized carbons (Fsp3) is 0.300. The zero-order valence-electron chi connectivity index (χ0n) is 8.11. The van der Waals surface area contributed by atoms with E-state index in [4.69, 9.17) is 10.00 Å². The molecule has 1 rings (SSSR count). The number of hydrogen-bond acceptors (Lipinski definition) is 2. The molecule has 0 heterocycles. The number of nitrogens with zero attached hydrogens (tertiary/aromatic N) is 1. The van der Waals surface area contributed by atoms with Gasteiger partial charge in [-0.05, 0) is 51.3 Å². The summed E-state index contributed by atoms with van der Waals surface area (Å²) in [4.78, 5) is 0. The van der Waals surface area contributed by atoms with Crippen LogP contribution in [0.1, 0.15) is 16.7 Å². The summed E-state index contributed by atoms with van der Waals surface area (Å²) < 4.78 is 6.90. The third kappa shape index (κ3) is 1.67. The molecule has 0 aliphatic carbocycles. The molecule has 1 aromatic rings. The topological polar surface area (TPSA) is 33.0 Å². The van der Waals surface area contributed by atoms with Crippen molar-refractivity contribution in [3.63, 3.8) is 0 Å². The van der Waals surface area contributed by atoms with Crippen LogP contribution in [0.2, 0.25) is 0 Å². The maximum atomic E-state index is 8.97. The fourth-order valence-electron chi connectivity index (χ4n) is 1.27. The van der Waals surface area contributed by atoms with Gasteiger partial charge in [0.25, 0.3) is 0 Å². The fourth-order valence-corrected chi connectivity index (χ4v) is 2.50. The molecule has 0 saturated heterocycles. The normalized spacial score (nSPS) is 9.71. The number of nitriles is 1. The summed E-state index contributed by atoms with van der Waals surface area (Å²) in [5, 5.41) is 8.97. The third-order valence-corrected chi connectivity index (χ3v) is 4.05. The van der Waals surface area contributed by atoms with Gasteiger partial charge in [0.05, 0.1) is 17.1 Å². The maximum Gasteiger partial charge on any atom is 0.137 e. The molecule has 0 aliphatic heterocycles. The summed E-state index contributed by atoms with van der Waals surface area (Å²) in [6, 6.07) is 2.16. The predicted molar refractivity (Wildman–Crippen MR) is 62.6 cm³/mol. The van der Waals surface area contributed by atoms with Crippen molar-refractivity contribution < 1.29 is 4.74 Å². The Morgan fingerprint density at radius 1 is 1.14 bits per heavy atom. The number of halogens is 2. The predicted octanol–water partition coefficient (Wildman–Crippen LogP) is 3.71. The summed E-state index contributed by atoms with van der Waals surface area (Å²) in [6.07, 6.45) is 0. The molecule has 0 bridgehead atoms. The molecule has 74 valence electrons. The number of methoxy groups -OCH3 is 1. The Morgan fingerprint density at radius 2 is 1.71 bits per heavy atom. The van der Waals surface area contributed by atoms with Crippen LogP contribution in [0.25, 0.3) is 0 Å². The van der Waals surface area contributed by atoms with Gasteiger partial charge < -0.3 is 4.74 Å². The molecule has 0 fully saturated rings. The number of benzene rings is 1. The minimum atomic E-state index is 0.648. The van der Waals surface area contributed by atoms with Gasteiger partial charge in [-0.1, -0.05) is 0 Å². The van der Waals surface area contributed by atoms with E-state index in [0.29, 0.717) is 5.56 Å². The first-order chi connectivity index (χ1) is 6.54. The van der Waals surface area contributed by atoms with Crippen LogP contribution >= 0.6 is 31.9 Å². The van der Waals surface area contributed by atoms with Crippen molar-refractivity contribution in [1.82, 2.24) is 0 Å². The Labute approximate surface area is 100 Å². The zero-order valence-corrected chi connectivity index (χ0v) is 11.3. The van der Waals surface area contributed by atoms with Crippen LogP contribution in [0.5, 0.6) is 5.75 Å². The van der Waals surface area contributed by atoms with E-state index in [2.05, 4.69) is 37.9 Å². The van der Waals surface area contributed by atoms with Gasteiger partial charge >= 0.3 is 0 Å². The lowest BCUT2D eigenvalue weighted by Gasteiger charge is -2.13. The summed E-state index contributed by atoms with van der Waals surface area (Å²) >= 11 is 6.81. The number of ether oxygens (including phenoxy) is 1. The zero-order chi connectivity index (χ0) is 10.9. The Morgan fingerprint density at radius 3 is 2.14 bits per heavy atom. The monoisotopic (exact) mass is 317 g/mol. The Hall–Kier alpha value is -0.530. The van der Waals surface area contributed by atoms with Gasteiger partial charge in [-0.3, -0.25) is 0 Å². The highest BCUT2D eigenvalue weighted by molar-refractivity contribution is 9.11. The van der Waals surface area contributed by atoms with Crippen molar-refractivity contribution >= 4 is 31.9 Å². The quantitative estimate of drug-likeness (QED) is 0.790. The van der Waals surface area contributed by atoms with Crippen LogP contribution < -0.4 is 4.74 Å². The summed E-state index contributed by atoms with van der Waals surface area (Å²) in [7, 11) is 1.62. The maximum absolute atomic E-state index is 8.97. The van der Waals surface area contributed by atoms with Gasteiger partial charge in [-0.2, -0.15) is 5.26 Å². The van der Waals surface area contributed by atoms with E-state index >= 15 is 0 Å². The second-order valence-electron chi connectivity index (χ2n) is 2.90. The molecule has 14 heavy (non-hydrogen) atoms. The molecule has 0 N–H and O–H groups in total. The molecule has 0 aromatic heterocycles. The average molecular weight is 319 g/mol. The van der Waals surface area contributed by atoms with Crippen LogP contribution in [0.4, 0.5) is 0 Å². The molecular weight excluding hydrogens is 310 g/mol. The first-order valence-corrected chi connectivity index (χ1v) is 5.55. The molecule has 0 spiro atoms. The molecule has 0 radical (unpaired) electrons. The van der Waals surface area contributed by atoms with Crippen molar-refractivity contribution in [3.8, 4) is 11.8 Å². The van der Waals surface area contributed by atoms with Gasteiger partial charge in [0.1, 0.15) is 11.8 Å². The van der Waals surface area contributed by atoms with Gasteiger partial charge in [-0.15, -0.1) is 0 Å². The molecule has 0 aliphatic rings. The van der Waals surface area contributed by atoms with Crippen molar-refractivity contribution in [3.05, 3.63) is 25.6 Å². The van der Waals surface area contributed by atoms with E-state index in [0.717, 1.165) is 25.8 Å². The van der Waals surface area contributed by atoms with E-state index in [9.17, 15) is 0 Å². The molecule has 0 atom stereocenters. The minimum absolute atomic E-state index is 0.648. The third-order valence-electron chi connectivity index (χ3n) is 2.11. The molecule has 4 heteroatoms. The Kier molecular flexibility index (Phi) is 3.57. The Bertz CT molecular complexity index is 385. The van der Waals surface area contributed by atoms with E-state index < -0.39 is 0 Å². The van der Waals surface area contributed by atoms with Crippen LogP contribution in [0, 0.1) is 25.2 Å².